The van der Waals surface area contributed by atoms with Gasteiger partial charge in [-0.1, -0.05) is 12.1 Å². The Kier molecular flexibility index (Phi) is 44.9. The Morgan fingerprint density at radius 2 is 0.714 bits per heavy atom. The molecule has 6 atom stereocenters. The number of hydrogen-bond acceptors (Lipinski definition) is 25. The molecule has 0 aliphatic carbocycles. The van der Waals surface area contributed by atoms with Crippen LogP contribution in [-0.4, -0.2) is 321 Å². The van der Waals surface area contributed by atoms with Crippen LogP contribution in [0.3, 0.4) is 0 Å². The van der Waals surface area contributed by atoms with Crippen molar-refractivity contribution >= 4 is 94.8 Å². The standard InChI is InChI=1S/C75H114N22O22/c76-71(115)54(7-1-4-22-80-60(99)15-18-63(102)83-28-34-93-31-25-77-49-93)87-75(119)58(43-52-10-12-53(98)13-11-52)90-73(117)56(9-3-6-24-82-62(101)17-20-65(104)85-30-36-95-33-27-79-51-95)88-74(118)57(14-21-66(105)106)89-72(116)55(8-2-5-23-81-61(100)16-19-64(103)84-29-35-94-32-26-78-50-94)86-59-44-96(47-69(111)112)40-39-91(45-67(107)108)37-38-92(46-68(109)110)41-42-97(59)48-70(113)114/h10-13,25-27,31-33,49-51,54-59,86,98H,1-9,14-24,28-30,34-48H2,(H2,76,115)(H,80,99)(H,81,100)(H,82,101)(H,83,102)(H,84,103)(H,85,104)(H,87,119)(H,88,118)(H,89,116)(H,90,117)(H,105,106)(H,107,108)(H,109,110)(H,111,112)(H,113,114)/t54-,55-,56-,57-,58-,59?/m1/s1. The average Bonchev–Trinajstić information content (AvgIpc) is 1.15. The number of amides is 11. The lowest BCUT2D eigenvalue weighted by atomic mass is 10.0. The molecule has 1 unspecified atom stereocenters. The number of benzene rings is 1. The Bertz CT molecular complexity index is 3870. The largest absolute Gasteiger partial charge is 0.508 e. The van der Waals surface area contributed by atoms with Crippen LogP contribution in [0, 0.1) is 0 Å². The lowest BCUT2D eigenvalue weighted by Gasteiger charge is -2.39. The van der Waals surface area contributed by atoms with Gasteiger partial charge >= 0.3 is 29.8 Å². The number of primary amides is 1. The van der Waals surface area contributed by atoms with Gasteiger partial charge in [0, 0.05) is 193 Å². The first-order valence-corrected chi connectivity index (χ1v) is 39.5. The van der Waals surface area contributed by atoms with Gasteiger partial charge in [-0.2, -0.15) is 0 Å². The van der Waals surface area contributed by atoms with E-state index in [0.717, 1.165) is 0 Å². The summed E-state index contributed by atoms with van der Waals surface area (Å²) < 4.78 is 5.27. The molecule has 3 aromatic heterocycles. The van der Waals surface area contributed by atoms with E-state index in [4.69, 9.17) is 5.73 Å². The molecule has 19 N–H and O–H groups in total. The Hall–Kier alpha value is -12.0. The predicted octanol–water partition coefficient (Wildman–Crippen LogP) is -4.69. The molecule has 5 rings (SSSR count). The van der Waals surface area contributed by atoms with Crippen LogP contribution in [0.5, 0.6) is 5.75 Å². The fourth-order valence-corrected chi connectivity index (χ4v) is 12.5. The number of nitrogens with one attached hydrogen (secondary N) is 11. The zero-order chi connectivity index (χ0) is 86.9. The maximum absolute atomic E-state index is 15.3. The topological polar surface area (TPSA) is 619 Å². The monoisotopic (exact) mass is 1670 g/mol. The van der Waals surface area contributed by atoms with Crippen LogP contribution in [0.15, 0.2) is 80.4 Å². The molecule has 0 radical (unpaired) electrons. The van der Waals surface area contributed by atoms with Crippen LogP contribution in [0.1, 0.15) is 115 Å². The van der Waals surface area contributed by atoms with Gasteiger partial charge in [0.25, 0.3) is 0 Å². The van der Waals surface area contributed by atoms with Crippen molar-refractivity contribution in [1.82, 2.24) is 107 Å². The SMILES string of the molecule is NC(=O)[C@@H](CCCCNC(=O)CCC(=O)NCCn1ccnc1)NC(=O)[C@@H](Cc1ccc(O)cc1)NC(=O)[C@@H](CCCCNC(=O)CCC(=O)NCCn1ccnc1)NC(=O)[C@@H](CCC(=O)O)NC(=O)[C@@H](CCCCNC(=O)CCC(=O)NCCn1ccnc1)NC1CN(CC(=O)O)CCN(CC(=O)O)CCN(CC(=O)O)CCN1CC(=O)O. The van der Waals surface area contributed by atoms with Crippen molar-refractivity contribution in [3.05, 3.63) is 86.0 Å². The highest BCUT2D eigenvalue weighted by Gasteiger charge is 2.36. The quantitative estimate of drug-likeness (QED) is 0.0185. The molecule has 1 saturated heterocycles. The number of imidazole rings is 3. The van der Waals surface area contributed by atoms with Crippen molar-refractivity contribution in [2.24, 2.45) is 5.73 Å². The van der Waals surface area contributed by atoms with Gasteiger partial charge in [0.05, 0.1) is 57.4 Å². The molecule has 656 valence electrons. The van der Waals surface area contributed by atoms with Crippen molar-refractivity contribution in [2.75, 3.05) is 111 Å². The number of carboxylic acids is 5. The minimum absolute atomic E-state index is 0.000382. The van der Waals surface area contributed by atoms with Crippen molar-refractivity contribution in [3.63, 3.8) is 0 Å². The van der Waals surface area contributed by atoms with E-state index < -0.39 is 171 Å². The molecular formula is C75H114N22O22. The summed E-state index contributed by atoms with van der Waals surface area (Å²) in [7, 11) is 0. The molecule has 4 heterocycles. The molecule has 0 saturated carbocycles. The number of rotatable bonds is 57. The number of hydrogen-bond donors (Lipinski definition) is 18. The van der Waals surface area contributed by atoms with E-state index in [9.17, 15) is 93.0 Å². The highest BCUT2D eigenvalue weighted by atomic mass is 16.4. The van der Waals surface area contributed by atoms with Crippen molar-refractivity contribution in [2.45, 2.75) is 172 Å². The number of aliphatic carboxylic acids is 5. The zero-order valence-electron chi connectivity index (χ0n) is 66.6. The maximum atomic E-state index is 15.3. The van der Waals surface area contributed by atoms with Gasteiger partial charge in [-0.25, -0.2) is 15.0 Å². The highest BCUT2D eigenvalue weighted by Crippen LogP contribution is 2.16. The molecule has 119 heavy (non-hydrogen) atoms. The highest BCUT2D eigenvalue weighted by molar-refractivity contribution is 5.96. The van der Waals surface area contributed by atoms with Gasteiger partial charge < -0.3 is 103 Å². The molecular weight excluding hydrogens is 1560 g/mol. The second-order valence-corrected chi connectivity index (χ2v) is 28.5. The molecule has 1 fully saturated rings. The molecule has 1 aliphatic heterocycles. The summed E-state index contributed by atoms with van der Waals surface area (Å²) in [5.74, 6) is -14.6. The van der Waals surface area contributed by atoms with Crippen molar-refractivity contribution in [1.29, 1.82) is 0 Å². The van der Waals surface area contributed by atoms with Crippen molar-refractivity contribution in [3.8, 4) is 5.75 Å². The predicted molar refractivity (Wildman–Crippen MR) is 422 cm³/mol. The Balaban J connectivity index is 1.44. The fourth-order valence-electron chi connectivity index (χ4n) is 12.5. The summed E-state index contributed by atoms with van der Waals surface area (Å²) in [5, 5.41) is 90.7. The summed E-state index contributed by atoms with van der Waals surface area (Å²) in [6, 6.07) is -2.52. The van der Waals surface area contributed by atoms with E-state index in [2.05, 4.69) is 73.4 Å². The minimum atomic E-state index is -1.85. The summed E-state index contributed by atoms with van der Waals surface area (Å²) in [6.45, 7) is -1.47. The number of carboxylic acid groups (broad SMARTS) is 5. The molecule has 44 heteroatoms. The van der Waals surface area contributed by atoms with Crippen molar-refractivity contribution < 1.29 is 107 Å². The summed E-state index contributed by atoms with van der Waals surface area (Å²) in [4.78, 5) is 229. The lowest BCUT2D eigenvalue weighted by molar-refractivity contribution is -0.142. The number of phenols is 1. The molecule has 1 aromatic carbocycles. The van der Waals surface area contributed by atoms with Crippen LogP contribution >= 0.6 is 0 Å². The van der Waals surface area contributed by atoms with E-state index in [1.165, 1.54) is 43.9 Å². The van der Waals surface area contributed by atoms with Gasteiger partial charge in [0.1, 0.15) is 29.9 Å². The number of carbonyl (C=O) groups is 16. The molecule has 0 bridgehead atoms. The number of phenolic OH excluding ortho intramolecular Hbond substituents is 1. The first-order chi connectivity index (χ1) is 57.0. The van der Waals surface area contributed by atoms with E-state index in [0.29, 0.717) is 31.7 Å². The summed E-state index contributed by atoms with van der Waals surface area (Å²) in [6.07, 6.45) is 10.9. The Morgan fingerprint density at radius 1 is 0.378 bits per heavy atom. The fraction of sp³-hybridized carbons (Fsp3) is 0.587. The smallest absolute Gasteiger partial charge is 0.317 e. The molecule has 44 nitrogen and oxygen atoms in total. The van der Waals surface area contributed by atoms with Crippen LogP contribution in [0.25, 0.3) is 0 Å². The number of aromatic hydroxyl groups is 1. The third-order valence-electron chi connectivity index (χ3n) is 19.0. The Labute approximate surface area is 686 Å². The van der Waals surface area contributed by atoms with Crippen LogP contribution in [-0.2, 0) is 103 Å². The summed E-state index contributed by atoms with van der Waals surface area (Å²) in [5.41, 5.74) is 6.19. The number of carbonyl (C=O) groups excluding carboxylic acids is 11. The van der Waals surface area contributed by atoms with Gasteiger partial charge in [-0.15, -0.1) is 0 Å². The normalized spacial score (nSPS) is 14.9. The lowest BCUT2D eigenvalue weighted by Crippen LogP contribution is -2.62. The van der Waals surface area contributed by atoms with Crippen LogP contribution < -0.4 is 64.2 Å². The Morgan fingerprint density at radius 3 is 1.10 bits per heavy atom. The first kappa shape index (κ1) is 97.5. The number of aromatic nitrogens is 6. The van der Waals surface area contributed by atoms with Gasteiger partial charge in [0.15, 0.2) is 0 Å². The molecule has 0 spiro atoms. The second-order valence-electron chi connectivity index (χ2n) is 28.5. The van der Waals surface area contributed by atoms with Gasteiger partial charge in [-0.05, 0) is 81.9 Å². The van der Waals surface area contributed by atoms with Gasteiger partial charge in [-0.3, -0.25) is 102 Å². The van der Waals surface area contributed by atoms with E-state index >= 15 is 14.4 Å². The molecule has 4 aromatic rings. The first-order valence-electron chi connectivity index (χ1n) is 39.5. The average molecular weight is 1680 g/mol. The third-order valence-corrected chi connectivity index (χ3v) is 19.0. The van der Waals surface area contributed by atoms with Crippen LogP contribution in [0.4, 0.5) is 0 Å². The number of nitrogens with two attached hydrogens (primary N) is 1. The third kappa shape index (κ3) is 42.6. The van der Waals surface area contributed by atoms with E-state index in [1.807, 2.05) is 0 Å². The van der Waals surface area contributed by atoms with Gasteiger partial charge in [0.2, 0.25) is 65.0 Å². The van der Waals surface area contributed by atoms with E-state index in [1.54, 1.807) is 69.9 Å². The van der Waals surface area contributed by atoms with Crippen LogP contribution in [0.2, 0.25) is 0 Å². The minimum Gasteiger partial charge on any atom is -0.508 e. The maximum Gasteiger partial charge on any atom is 0.317 e. The van der Waals surface area contributed by atoms with E-state index in [-0.39, 0.29) is 186 Å². The molecule has 1 aliphatic rings. The second kappa shape index (κ2) is 54.8. The number of nitrogens with zero attached hydrogens (tertiary/aromatic N) is 10. The summed E-state index contributed by atoms with van der Waals surface area (Å²) >= 11 is 0. The molecule has 11 amide bonds. The number of unbranched alkanes of at least 4 members (excludes halogenated alkanes) is 3. The zero-order valence-corrected chi connectivity index (χ0v) is 66.6.